The largest absolute Gasteiger partial charge is 0.437 e. The van der Waals surface area contributed by atoms with Gasteiger partial charge in [-0.1, -0.05) is 13.3 Å². The highest BCUT2D eigenvalue weighted by Gasteiger charge is 2.35. The van der Waals surface area contributed by atoms with E-state index in [0.29, 0.717) is 126 Å². The summed E-state index contributed by atoms with van der Waals surface area (Å²) >= 11 is 0. The van der Waals surface area contributed by atoms with Crippen LogP contribution < -0.4 is 0 Å². The van der Waals surface area contributed by atoms with Crippen LogP contribution in [0.25, 0.3) is 0 Å². The van der Waals surface area contributed by atoms with Gasteiger partial charge in [0.2, 0.25) is 0 Å². The summed E-state index contributed by atoms with van der Waals surface area (Å²) in [6, 6.07) is 0. The fraction of sp³-hybridized carbons (Fsp3) is 1.00. The summed E-state index contributed by atoms with van der Waals surface area (Å²) in [5, 5.41) is 8.55. The average Bonchev–Trinajstić information content (AvgIpc) is 2.98. The maximum atomic E-state index is 8.55. The van der Waals surface area contributed by atoms with Crippen molar-refractivity contribution in [1.29, 1.82) is 0 Å². The van der Waals surface area contributed by atoms with Gasteiger partial charge in [0.05, 0.1) is 132 Å². The van der Waals surface area contributed by atoms with Gasteiger partial charge in [-0.15, -0.1) is 0 Å². The molecule has 0 amide bonds. The Bertz CT molecular complexity index is 589. The van der Waals surface area contributed by atoms with Crippen molar-refractivity contribution in [3.8, 4) is 0 Å². The molecule has 0 fully saturated rings. The molecule has 1 N–H and O–H groups in total. The van der Waals surface area contributed by atoms with E-state index in [9.17, 15) is 0 Å². The molecule has 0 saturated heterocycles. The quantitative estimate of drug-likeness (QED) is 0.0721. The molecule has 0 rings (SSSR count). The fourth-order valence-electron chi connectivity index (χ4n) is 3.89. The average molecular weight is 751 g/mol. The molecule has 13 nitrogen and oxygen atoms in total. The van der Waals surface area contributed by atoms with Crippen LogP contribution in [0.5, 0.6) is 0 Å². The predicted octanol–water partition coefficient (Wildman–Crippen LogP) is 4.34. The second-order valence-electron chi connectivity index (χ2n) is 13.0. The summed E-state index contributed by atoms with van der Waals surface area (Å²) in [6.07, 6.45) is 2.24. The van der Waals surface area contributed by atoms with Crippen LogP contribution in [-0.4, -0.2) is 169 Å². The van der Waals surface area contributed by atoms with Crippen LogP contribution in [0.15, 0.2) is 0 Å². The maximum absolute atomic E-state index is 8.55. The molecule has 0 aliphatic heterocycles. The van der Waals surface area contributed by atoms with Crippen molar-refractivity contribution < 1.29 is 60.7 Å². The third-order valence-corrected chi connectivity index (χ3v) is 14.2. The van der Waals surface area contributed by atoms with E-state index in [0.717, 1.165) is 19.4 Å². The van der Waals surface area contributed by atoms with Gasteiger partial charge in [0.15, 0.2) is 16.6 Å². The van der Waals surface area contributed by atoms with Crippen LogP contribution in [0.4, 0.5) is 0 Å². The second kappa shape index (κ2) is 35.5. The SMILES string of the molecule is CCCCOCCOCCOCCOCCOCCOCCOCCOCCOCCOCCO.C[Si](C)(C)O[Si](C)(C)O[Si](C)(C)C. The van der Waals surface area contributed by atoms with Crippen LogP contribution in [-0.2, 0) is 55.6 Å². The van der Waals surface area contributed by atoms with Crippen molar-refractivity contribution in [2.75, 3.05) is 139 Å². The summed E-state index contributed by atoms with van der Waals surface area (Å²) in [6.45, 7) is 30.5. The number of unbranched alkanes of at least 4 members (excludes halogenated alkanes) is 1. The van der Waals surface area contributed by atoms with Gasteiger partial charge in [-0.05, 0) is 58.8 Å². The standard InChI is InChI=1S/C24H50O11.C8H24O2Si3/c1-2-3-5-26-7-9-28-11-13-30-15-17-32-19-21-34-23-24-35-22-20-33-18-16-31-14-12-29-10-8-27-6-4-25;1-11(2,3)9-13(7,8)10-12(4,5)6/h25H,2-24H2,1H3;1-8H3. The minimum Gasteiger partial charge on any atom is -0.437 e. The zero-order chi connectivity index (χ0) is 36.2. The molecule has 0 unspecified atom stereocenters. The summed E-state index contributed by atoms with van der Waals surface area (Å²) in [7, 11) is -4.72. The van der Waals surface area contributed by atoms with E-state index in [2.05, 4.69) is 59.3 Å². The van der Waals surface area contributed by atoms with Crippen molar-refractivity contribution in [2.24, 2.45) is 0 Å². The van der Waals surface area contributed by atoms with E-state index in [1.165, 1.54) is 0 Å². The van der Waals surface area contributed by atoms with Crippen molar-refractivity contribution in [2.45, 2.75) is 72.1 Å². The Morgan fingerprint density at radius 1 is 0.333 bits per heavy atom. The van der Waals surface area contributed by atoms with Crippen molar-refractivity contribution in [3.05, 3.63) is 0 Å². The number of aliphatic hydroxyl groups is 1. The molecule has 0 saturated carbocycles. The number of hydrogen-bond donors (Lipinski definition) is 1. The number of ether oxygens (including phenoxy) is 10. The van der Waals surface area contributed by atoms with E-state index in [-0.39, 0.29) is 6.61 Å². The van der Waals surface area contributed by atoms with Crippen molar-refractivity contribution >= 4 is 25.2 Å². The molecule has 48 heavy (non-hydrogen) atoms. The molecule has 0 aliphatic carbocycles. The molecular formula is C32H74O13Si3. The number of rotatable bonds is 36. The Labute approximate surface area is 296 Å². The van der Waals surface area contributed by atoms with Gasteiger partial charge in [-0.3, -0.25) is 0 Å². The van der Waals surface area contributed by atoms with Crippen LogP contribution >= 0.6 is 0 Å². The lowest BCUT2D eigenvalue weighted by Gasteiger charge is -2.35. The summed E-state index contributed by atoms with van der Waals surface area (Å²) in [5.41, 5.74) is 0. The molecule has 0 aromatic heterocycles. The first-order chi connectivity index (χ1) is 22.8. The van der Waals surface area contributed by atoms with E-state index >= 15 is 0 Å². The number of aliphatic hydroxyl groups excluding tert-OH is 1. The minimum absolute atomic E-state index is 0.0302. The minimum atomic E-state index is -1.85. The summed E-state index contributed by atoms with van der Waals surface area (Å²) in [5.74, 6) is 0. The smallest absolute Gasteiger partial charge is 0.311 e. The lowest BCUT2D eigenvalue weighted by molar-refractivity contribution is -0.0268. The third-order valence-electron chi connectivity index (χ3n) is 5.33. The van der Waals surface area contributed by atoms with Crippen LogP contribution in [0.1, 0.15) is 19.8 Å². The van der Waals surface area contributed by atoms with Crippen LogP contribution in [0.3, 0.4) is 0 Å². The first-order valence-electron chi connectivity index (χ1n) is 17.6. The molecule has 0 radical (unpaired) electrons. The molecule has 0 heterocycles. The molecule has 0 bridgehead atoms. The zero-order valence-electron chi connectivity index (χ0n) is 32.1. The molecule has 292 valence electrons. The van der Waals surface area contributed by atoms with Gasteiger partial charge >= 0.3 is 8.56 Å². The molecule has 0 spiro atoms. The third kappa shape index (κ3) is 48.2. The first kappa shape index (κ1) is 50.2. The maximum Gasteiger partial charge on any atom is 0.311 e. The Balaban J connectivity index is 0. The summed E-state index contributed by atoms with van der Waals surface area (Å²) < 4.78 is 66.0. The molecule has 16 heteroatoms. The second-order valence-corrected chi connectivity index (χ2v) is 25.9. The monoisotopic (exact) mass is 750 g/mol. The van der Waals surface area contributed by atoms with Gasteiger partial charge in [0.25, 0.3) is 0 Å². The van der Waals surface area contributed by atoms with Gasteiger partial charge in [0, 0.05) is 6.61 Å². The highest BCUT2D eigenvalue weighted by atomic mass is 28.5. The predicted molar refractivity (Wildman–Crippen MR) is 197 cm³/mol. The Hall–Kier alpha value is 0.131. The lowest BCUT2D eigenvalue weighted by atomic mass is 10.4. The Morgan fingerprint density at radius 3 is 0.729 bits per heavy atom. The Morgan fingerprint density at radius 2 is 0.542 bits per heavy atom. The van der Waals surface area contributed by atoms with Crippen LogP contribution in [0, 0.1) is 0 Å². The van der Waals surface area contributed by atoms with Crippen LogP contribution in [0.2, 0.25) is 52.4 Å². The summed E-state index contributed by atoms with van der Waals surface area (Å²) in [4.78, 5) is 0. The zero-order valence-corrected chi connectivity index (χ0v) is 35.1. The normalized spacial score (nSPS) is 12.4. The highest BCUT2D eigenvalue weighted by molar-refractivity contribution is 6.87. The molecule has 0 aromatic carbocycles. The van der Waals surface area contributed by atoms with Gasteiger partial charge in [-0.25, -0.2) is 0 Å². The highest BCUT2D eigenvalue weighted by Crippen LogP contribution is 2.19. The fourth-order valence-corrected chi connectivity index (χ4v) is 16.2. The molecule has 0 aliphatic rings. The lowest BCUT2D eigenvalue weighted by Crippen LogP contribution is -2.50. The molecule has 0 atom stereocenters. The molecule has 0 aromatic rings. The number of hydrogen-bond acceptors (Lipinski definition) is 13. The van der Waals surface area contributed by atoms with E-state index < -0.39 is 25.2 Å². The molecular weight excluding hydrogens is 677 g/mol. The van der Waals surface area contributed by atoms with Crippen molar-refractivity contribution in [1.82, 2.24) is 0 Å². The van der Waals surface area contributed by atoms with Crippen molar-refractivity contribution in [3.63, 3.8) is 0 Å². The first-order valence-corrected chi connectivity index (χ1v) is 27.2. The van der Waals surface area contributed by atoms with E-state index in [1.807, 2.05) is 0 Å². The van der Waals surface area contributed by atoms with E-state index in [4.69, 9.17) is 60.7 Å². The van der Waals surface area contributed by atoms with E-state index in [1.54, 1.807) is 0 Å². The topological polar surface area (TPSA) is 131 Å². The van der Waals surface area contributed by atoms with Gasteiger partial charge in [0.1, 0.15) is 0 Å². The van der Waals surface area contributed by atoms with Gasteiger partial charge in [-0.2, -0.15) is 0 Å². The van der Waals surface area contributed by atoms with Gasteiger partial charge < -0.3 is 60.7 Å². The Kier molecular flexibility index (Phi) is 37.2.